The van der Waals surface area contributed by atoms with Crippen molar-refractivity contribution >= 4 is 23.2 Å². The molecule has 0 saturated heterocycles. The normalized spacial score (nSPS) is 11.3. The Bertz CT molecular complexity index is 1680. The van der Waals surface area contributed by atoms with Crippen molar-refractivity contribution in [2.45, 2.75) is 20.0 Å². The van der Waals surface area contributed by atoms with Crippen molar-refractivity contribution in [2.24, 2.45) is 0 Å². The van der Waals surface area contributed by atoms with Gasteiger partial charge in [-0.15, -0.1) is 0 Å². The lowest BCUT2D eigenvalue weighted by Crippen LogP contribution is -2.25. The van der Waals surface area contributed by atoms with Crippen molar-refractivity contribution in [3.05, 3.63) is 113 Å². The summed E-state index contributed by atoms with van der Waals surface area (Å²) in [6.45, 7) is 3.36. The minimum absolute atomic E-state index is 0.0692. The van der Waals surface area contributed by atoms with Crippen molar-refractivity contribution < 1.29 is 22.7 Å². The molecule has 2 aromatic carbocycles. The summed E-state index contributed by atoms with van der Waals surface area (Å²) in [5.41, 5.74) is 2.31. The molecular formula is C28H22F3N7O2. The van der Waals surface area contributed by atoms with E-state index in [0.29, 0.717) is 27.8 Å². The van der Waals surface area contributed by atoms with Crippen LogP contribution in [0.5, 0.6) is 0 Å². The fourth-order valence-corrected chi connectivity index (χ4v) is 3.95. The standard InChI is InChI=1S/C28H22F3N7O2/c1-17-5-6-19(10-25(17)36-27-33-9-7-24(35-27)20-4-3-8-32-14-20)26(39)34-22-11-21(28(29,30)31)12-23(13-22)37-15-18(2)38(40)16-37/h3-16H,1-2H3,(H,34,39)(H,33,35,36). The Kier molecular flexibility index (Phi) is 6.91. The van der Waals surface area contributed by atoms with Gasteiger partial charge in [0.05, 0.1) is 11.3 Å². The van der Waals surface area contributed by atoms with Gasteiger partial charge in [-0.25, -0.2) is 19.3 Å². The number of imidazole rings is 1. The smallest absolute Gasteiger partial charge is 0.416 e. The molecule has 0 spiro atoms. The second-order valence-corrected chi connectivity index (χ2v) is 9.00. The van der Waals surface area contributed by atoms with Gasteiger partial charge in [-0.3, -0.25) is 9.78 Å². The van der Waals surface area contributed by atoms with Crippen LogP contribution in [0.25, 0.3) is 16.9 Å². The van der Waals surface area contributed by atoms with Crippen LogP contribution in [-0.4, -0.2) is 25.4 Å². The number of hydrogen-bond donors (Lipinski definition) is 2. The second kappa shape index (κ2) is 10.5. The number of rotatable bonds is 6. The van der Waals surface area contributed by atoms with Gasteiger partial charge in [0.25, 0.3) is 12.2 Å². The molecule has 202 valence electrons. The number of hydrogen-bond acceptors (Lipinski definition) is 6. The Labute approximate surface area is 226 Å². The van der Waals surface area contributed by atoms with Crippen LogP contribution < -0.4 is 15.4 Å². The summed E-state index contributed by atoms with van der Waals surface area (Å²) in [5.74, 6) is -0.330. The predicted octanol–water partition coefficient (Wildman–Crippen LogP) is 5.59. The van der Waals surface area contributed by atoms with Gasteiger partial charge in [-0.1, -0.05) is 6.07 Å². The number of halogens is 3. The van der Waals surface area contributed by atoms with E-state index in [1.165, 1.54) is 23.8 Å². The molecule has 0 radical (unpaired) electrons. The zero-order valence-corrected chi connectivity index (χ0v) is 21.3. The van der Waals surface area contributed by atoms with E-state index in [4.69, 9.17) is 0 Å². The van der Waals surface area contributed by atoms with E-state index in [0.717, 1.165) is 29.6 Å². The molecule has 0 aliphatic carbocycles. The van der Waals surface area contributed by atoms with E-state index in [1.807, 2.05) is 13.0 Å². The molecule has 0 unspecified atom stereocenters. The number of amides is 1. The number of carbonyl (C=O) groups excluding carboxylic acids is 1. The van der Waals surface area contributed by atoms with Gasteiger partial charge in [0.2, 0.25) is 5.95 Å². The molecule has 5 aromatic rings. The molecule has 0 atom stereocenters. The molecule has 9 nitrogen and oxygen atoms in total. The number of aromatic nitrogens is 5. The summed E-state index contributed by atoms with van der Waals surface area (Å²) in [7, 11) is 0. The van der Waals surface area contributed by atoms with E-state index in [9.17, 15) is 23.2 Å². The van der Waals surface area contributed by atoms with Crippen LogP contribution in [0.15, 0.2) is 85.7 Å². The van der Waals surface area contributed by atoms with Gasteiger partial charge in [0, 0.05) is 54.1 Å². The largest absolute Gasteiger partial charge is 0.711 e. The highest BCUT2D eigenvalue weighted by Gasteiger charge is 2.32. The molecule has 1 amide bonds. The molecule has 12 heteroatoms. The molecule has 3 heterocycles. The summed E-state index contributed by atoms with van der Waals surface area (Å²) in [6, 6.07) is 13.3. The van der Waals surface area contributed by atoms with Crippen LogP contribution in [0.2, 0.25) is 0 Å². The van der Waals surface area contributed by atoms with Crippen LogP contribution in [0.3, 0.4) is 0 Å². The first-order chi connectivity index (χ1) is 19.1. The lowest BCUT2D eigenvalue weighted by molar-refractivity contribution is -0.611. The minimum atomic E-state index is -4.67. The number of nitrogens with one attached hydrogen (secondary N) is 2. The summed E-state index contributed by atoms with van der Waals surface area (Å²) in [6.07, 6.45) is 2.77. The number of carbonyl (C=O) groups is 1. The number of anilines is 3. The quantitative estimate of drug-likeness (QED) is 0.212. The van der Waals surface area contributed by atoms with Gasteiger partial charge in [-0.2, -0.15) is 13.2 Å². The van der Waals surface area contributed by atoms with Crippen LogP contribution in [-0.2, 0) is 6.18 Å². The average molecular weight is 546 g/mol. The fraction of sp³-hybridized carbons (Fsp3) is 0.107. The van der Waals surface area contributed by atoms with Crippen LogP contribution in [0, 0.1) is 19.1 Å². The maximum Gasteiger partial charge on any atom is 0.416 e. The molecule has 0 aliphatic rings. The number of pyridine rings is 1. The average Bonchev–Trinajstić information content (AvgIpc) is 3.28. The Morgan fingerprint density at radius 1 is 1.05 bits per heavy atom. The van der Waals surface area contributed by atoms with E-state index < -0.39 is 17.6 Å². The molecule has 3 aromatic heterocycles. The summed E-state index contributed by atoms with van der Waals surface area (Å²) in [4.78, 5) is 26.0. The second-order valence-electron chi connectivity index (χ2n) is 9.00. The van der Waals surface area contributed by atoms with Crippen molar-refractivity contribution in [3.63, 3.8) is 0 Å². The highest BCUT2D eigenvalue weighted by atomic mass is 19.4. The molecule has 2 N–H and O–H groups in total. The molecule has 40 heavy (non-hydrogen) atoms. The Balaban J connectivity index is 1.41. The molecule has 0 bridgehead atoms. The number of benzene rings is 2. The molecule has 0 saturated carbocycles. The van der Waals surface area contributed by atoms with E-state index >= 15 is 0 Å². The van der Waals surface area contributed by atoms with E-state index in [2.05, 4.69) is 25.6 Å². The van der Waals surface area contributed by atoms with Crippen molar-refractivity contribution in [3.8, 4) is 16.9 Å². The topological polar surface area (TPSA) is 112 Å². The Morgan fingerprint density at radius 2 is 1.88 bits per heavy atom. The Morgan fingerprint density at radius 3 is 2.58 bits per heavy atom. The number of alkyl halides is 3. The number of aryl methyl sites for hydroxylation is 2. The zero-order chi connectivity index (χ0) is 28.4. The van der Waals surface area contributed by atoms with E-state index in [1.54, 1.807) is 48.9 Å². The molecular weight excluding hydrogens is 523 g/mol. The van der Waals surface area contributed by atoms with Crippen LogP contribution >= 0.6 is 0 Å². The third-order valence-corrected chi connectivity index (χ3v) is 6.06. The van der Waals surface area contributed by atoms with Gasteiger partial charge in [0.1, 0.15) is 17.6 Å². The fourth-order valence-electron chi connectivity index (χ4n) is 3.95. The summed E-state index contributed by atoms with van der Waals surface area (Å²) in [5, 5.41) is 17.5. The van der Waals surface area contributed by atoms with Gasteiger partial charge in [0.15, 0.2) is 0 Å². The van der Waals surface area contributed by atoms with E-state index in [-0.39, 0.29) is 16.9 Å². The summed E-state index contributed by atoms with van der Waals surface area (Å²) >= 11 is 0. The third kappa shape index (κ3) is 5.75. The highest BCUT2D eigenvalue weighted by Crippen LogP contribution is 2.33. The van der Waals surface area contributed by atoms with Gasteiger partial charge >= 0.3 is 6.18 Å². The predicted molar refractivity (Wildman–Crippen MR) is 142 cm³/mol. The van der Waals surface area contributed by atoms with Gasteiger partial charge < -0.3 is 15.8 Å². The Hall–Kier alpha value is -5.26. The lowest BCUT2D eigenvalue weighted by atomic mass is 10.1. The first kappa shape index (κ1) is 26.4. The molecule has 5 rings (SSSR count). The SMILES string of the molecule is Cc1ccc(C(=O)Nc2cc(-n3cc(C)[n+]([O-])c3)cc(C(F)(F)F)c2)cc1Nc1nccc(-c2cccnc2)n1. The maximum absolute atomic E-state index is 13.6. The first-order valence-electron chi connectivity index (χ1n) is 12.0. The molecule has 0 aliphatic heterocycles. The maximum atomic E-state index is 13.6. The van der Waals surface area contributed by atoms with Gasteiger partial charge in [-0.05, 0) is 55.0 Å². The zero-order valence-electron chi connectivity index (χ0n) is 21.3. The van der Waals surface area contributed by atoms with Crippen LogP contribution in [0.4, 0.5) is 30.5 Å². The van der Waals surface area contributed by atoms with Crippen molar-refractivity contribution in [1.29, 1.82) is 0 Å². The van der Waals surface area contributed by atoms with Crippen molar-refractivity contribution in [2.75, 3.05) is 10.6 Å². The first-order valence-corrected chi connectivity index (χ1v) is 12.0. The number of nitrogens with zero attached hydrogens (tertiary/aromatic N) is 5. The lowest BCUT2D eigenvalue weighted by Gasteiger charge is -2.13. The summed E-state index contributed by atoms with van der Waals surface area (Å²) < 4.78 is 42.7. The monoisotopic (exact) mass is 545 g/mol. The van der Waals surface area contributed by atoms with Crippen molar-refractivity contribution in [1.82, 2.24) is 19.5 Å². The third-order valence-electron chi connectivity index (χ3n) is 6.06. The van der Waals surface area contributed by atoms with Crippen LogP contribution in [0.1, 0.15) is 27.2 Å². The molecule has 0 fully saturated rings. The minimum Gasteiger partial charge on any atom is -0.711 e. The highest BCUT2D eigenvalue weighted by molar-refractivity contribution is 6.05.